The van der Waals surface area contributed by atoms with Crippen molar-refractivity contribution in [3.8, 4) is 16.2 Å². The average Bonchev–Trinajstić information content (AvgIpc) is 3.35. The second-order valence-electron chi connectivity index (χ2n) is 7.99. The van der Waals surface area contributed by atoms with Crippen LogP contribution in [0.3, 0.4) is 0 Å². The number of hydrogen-bond donors (Lipinski definition) is 2. The fraction of sp³-hybridized carbons (Fsp3) is 0.381. The topological polar surface area (TPSA) is 102 Å². The molecule has 3 N–H and O–H groups in total. The summed E-state index contributed by atoms with van der Waals surface area (Å²) in [5.74, 6) is -0.323. The maximum atomic E-state index is 12.5. The molecule has 2 bridgehead atoms. The minimum absolute atomic E-state index is 0.165. The van der Waals surface area contributed by atoms with Crippen LogP contribution in [0.5, 0.6) is 5.06 Å². The lowest BCUT2D eigenvalue weighted by molar-refractivity contribution is 0.100. The van der Waals surface area contributed by atoms with Crippen molar-refractivity contribution in [1.29, 1.82) is 0 Å². The van der Waals surface area contributed by atoms with Crippen molar-refractivity contribution in [3.05, 3.63) is 40.9 Å². The molecule has 29 heavy (non-hydrogen) atoms. The zero-order valence-electron chi connectivity index (χ0n) is 16.0. The largest absolute Gasteiger partial charge is 0.487 e. The summed E-state index contributed by atoms with van der Waals surface area (Å²) in [6.07, 6.45) is 4.75. The zero-order valence-corrected chi connectivity index (χ0v) is 17.6. The lowest BCUT2D eigenvalue weighted by Gasteiger charge is -2.27. The maximum Gasteiger partial charge on any atom is 0.250 e. The van der Waals surface area contributed by atoms with Gasteiger partial charge in [0.2, 0.25) is 0 Å². The molecule has 0 aliphatic carbocycles. The first kappa shape index (κ1) is 18.7. The third-order valence-corrected chi connectivity index (χ3v) is 10.1. The van der Waals surface area contributed by atoms with E-state index in [1.54, 1.807) is 7.11 Å². The van der Waals surface area contributed by atoms with Crippen molar-refractivity contribution in [2.45, 2.75) is 42.1 Å². The van der Waals surface area contributed by atoms with Gasteiger partial charge in [-0.3, -0.25) is 4.79 Å². The molecular formula is C21H22N2O4S2. The molecule has 2 aromatic heterocycles. The Hall–Kier alpha value is -2.32. The van der Waals surface area contributed by atoms with E-state index >= 15 is 0 Å². The van der Waals surface area contributed by atoms with Crippen LogP contribution in [0.2, 0.25) is 0 Å². The number of nitrogens with two attached hydrogens (primary N) is 1. The summed E-state index contributed by atoms with van der Waals surface area (Å²) in [6.45, 7) is 0. The molecule has 2 aliphatic heterocycles. The summed E-state index contributed by atoms with van der Waals surface area (Å²) < 4.78 is 30.3. The van der Waals surface area contributed by atoms with E-state index in [9.17, 15) is 13.2 Å². The molecule has 2 unspecified atom stereocenters. The summed E-state index contributed by atoms with van der Waals surface area (Å²) in [4.78, 5) is 15.4. The molecule has 1 amide bonds. The molecule has 8 heteroatoms. The number of methoxy groups -OCH3 is 1. The molecule has 0 radical (unpaired) electrons. The number of aromatic nitrogens is 1. The molecule has 4 heterocycles. The van der Waals surface area contributed by atoms with E-state index < -0.39 is 15.7 Å². The van der Waals surface area contributed by atoms with Crippen LogP contribution in [0, 0.1) is 0 Å². The standard InChI is InChI=1S/C21H22N2O4S2/c1-27-19-8-13(10-28-19)11-6-16-18(9-23-20(16)17(7-11)21(22)24)12-4-14-2-3-15(5-12)29(14,25)26/h6-10,12,14-15,23H,2-5H2,1H3,(H2,22,24). The number of primary amides is 1. The van der Waals surface area contributed by atoms with Crippen LogP contribution in [0.15, 0.2) is 29.8 Å². The number of nitrogens with one attached hydrogen (secondary N) is 1. The predicted octanol–water partition coefficient (Wildman–Crippen LogP) is 3.83. The van der Waals surface area contributed by atoms with Gasteiger partial charge in [-0.2, -0.15) is 0 Å². The Morgan fingerprint density at radius 2 is 1.90 bits per heavy atom. The van der Waals surface area contributed by atoms with E-state index in [2.05, 4.69) is 11.1 Å². The Morgan fingerprint density at radius 1 is 1.17 bits per heavy atom. The molecule has 2 saturated heterocycles. The van der Waals surface area contributed by atoms with Crippen LogP contribution >= 0.6 is 11.3 Å². The number of amides is 1. The van der Waals surface area contributed by atoms with Gasteiger partial charge in [0.1, 0.15) is 0 Å². The molecule has 5 rings (SSSR count). The van der Waals surface area contributed by atoms with Gasteiger partial charge in [0.05, 0.1) is 28.7 Å². The lowest BCUT2D eigenvalue weighted by atomic mass is 9.89. The molecule has 6 nitrogen and oxygen atoms in total. The van der Waals surface area contributed by atoms with Crippen LogP contribution in [0.4, 0.5) is 0 Å². The third-order valence-electron chi connectivity index (χ3n) is 6.47. The number of fused-ring (bicyclic) bond motifs is 3. The lowest BCUT2D eigenvalue weighted by Crippen LogP contribution is -2.31. The van der Waals surface area contributed by atoms with E-state index in [1.807, 2.05) is 23.7 Å². The summed E-state index contributed by atoms with van der Waals surface area (Å²) in [7, 11) is -1.35. The number of benzene rings is 1. The van der Waals surface area contributed by atoms with Crippen LogP contribution < -0.4 is 10.5 Å². The highest BCUT2D eigenvalue weighted by atomic mass is 32.2. The molecule has 2 fully saturated rings. The summed E-state index contributed by atoms with van der Waals surface area (Å²) in [5, 5.41) is 3.26. The first-order valence-electron chi connectivity index (χ1n) is 9.69. The number of ether oxygens (including phenoxy) is 1. The molecule has 0 spiro atoms. The van der Waals surface area contributed by atoms with E-state index in [-0.39, 0.29) is 16.4 Å². The van der Waals surface area contributed by atoms with Crippen LogP contribution in [0.1, 0.15) is 47.5 Å². The Morgan fingerprint density at radius 3 is 2.52 bits per heavy atom. The van der Waals surface area contributed by atoms with E-state index in [4.69, 9.17) is 10.5 Å². The van der Waals surface area contributed by atoms with Crippen LogP contribution in [-0.4, -0.2) is 36.9 Å². The minimum atomic E-state index is -2.98. The van der Waals surface area contributed by atoms with Crippen molar-refractivity contribution in [3.63, 3.8) is 0 Å². The van der Waals surface area contributed by atoms with Crippen molar-refractivity contribution in [2.75, 3.05) is 7.11 Å². The fourth-order valence-corrected chi connectivity index (χ4v) is 8.20. The SMILES string of the molecule is COc1cc(-c2cc(C(N)=O)c3[nH]cc(C4CC5CCC(C4)S5(=O)=O)c3c2)cs1. The average molecular weight is 431 g/mol. The van der Waals surface area contributed by atoms with Gasteiger partial charge in [0.15, 0.2) is 14.9 Å². The highest BCUT2D eigenvalue weighted by molar-refractivity contribution is 7.93. The van der Waals surface area contributed by atoms with E-state index in [0.29, 0.717) is 18.4 Å². The van der Waals surface area contributed by atoms with Crippen molar-refractivity contribution >= 4 is 38.0 Å². The second kappa shape index (κ2) is 6.60. The molecule has 2 aliphatic rings. The Bertz CT molecular complexity index is 1200. The number of rotatable bonds is 4. The van der Waals surface area contributed by atoms with Gasteiger partial charge in [-0.25, -0.2) is 8.42 Å². The van der Waals surface area contributed by atoms with Gasteiger partial charge >= 0.3 is 0 Å². The molecule has 0 saturated carbocycles. The van der Waals surface area contributed by atoms with Gasteiger partial charge in [0.25, 0.3) is 5.91 Å². The third kappa shape index (κ3) is 2.88. The quantitative estimate of drug-likeness (QED) is 0.657. The molecule has 2 atom stereocenters. The summed E-state index contributed by atoms with van der Waals surface area (Å²) in [5.41, 5.74) is 9.79. The van der Waals surface area contributed by atoms with Gasteiger partial charge in [-0.05, 0) is 66.5 Å². The number of H-pyrrole nitrogens is 1. The Balaban J connectivity index is 1.63. The van der Waals surface area contributed by atoms with Crippen molar-refractivity contribution in [1.82, 2.24) is 4.98 Å². The number of aromatic amines is 1. The normalized spacial score (nSPS) is 25.3. The van der Waals surface area contributed by atoms with Gasteiger partial charge in [0, 0.05) is 17.0 Å². The number of thiophene rings is 1. The first-order chi connectivity index (χ1) is 13.9. The molecule has 152 valence electrons. The highest BCUT2D eigenvalue weighted by Gasteiger charge is 2.47. The highest BCUT2D eigenvalue weighted by Crippen LogP contribution is 2.47. The van der Waals surface area contributed by atoms with Gasteiger partial charge < -0.3 is 15.5 Å². The minimum Gasteiger partial charge on any atom is -0.487 e. The number of sulfone groups is 1. The number of hydrogen-bond acceptors (Lipinski definition) is 5. The first-order valence-corrected chi connectivity index (χ1v) is 12.2. The van der Waals surface area contributed by atoms with Crippen molar-refractivity contribution < 1.29 is 17.9 Å². The molecule has 1 aromatic carbocycles. The van der Waals surface area contributed by atoms with Crippen LogP contribution in [-0.2, 0) is 9.84 Å². The smallest absolute Gasteiger partial charge is 0.250 e. The summed E-state index contributed by atoms with van der Waals surface area (Å²) >= 11 is 1.49. The molecular weight excluding hydrogens is 408 g/mol. The van der Waals surface area contributed by atoms with E-state index in [1.165, 1.54) is 11.3 Å². The number of carbonyl (C=O) groups excluding carboxylic acids is 1. The monoisotopic (exact) mass is 430 g/mol. The molecule has 3 aromatic rings. The predicted molar refractivity (Wildman–Crippen MR) is 114 cm³/mol. The summed E-state index contributed by atoms with van der Waals surface area (Å²) in [6, 6.07) is 5.82. The zero-order chi connectivity index (χ0) is 20.3. The van der Waals surface area contributed by atoms with E-state index in [0.717, 1.165) is 45.5 Å². The Labute approximate surface area is 173 Å². The van der Waals surface area contributed by atoms with Gasteiger partial charge in [-0.1, -0.05) is 0 Å². The number of carbonyl (C=O) groups is 1. The second-order valence-corrected chi connectivity index (χ2v) is 11.4. The van der Waals surface area contributed by atoms with Crippen LogP contribution in [0.25, 0.3) is 22.0 Å². The van der Waals surface area contributed by atoms with Crippen molar-refractivity contribution in [2.24, 2.45) is 5.73 Å². The van der Waals surface area contributed by atoms with Gasteiger partial charge in [-0.15, -0.1) is 11.3 Å². The maximum absolute atomic E-state index is 12.5. The fourth-order valence-electron chi connectivity index (χ4n) is 4.99. The Kier molecular flexibility index (Phi) is 4.25.